The minimum Gasteiger partial charge on any atom is -0.299 e. The highest BCUT2D eigenvalue weighted by Crippen LogP contribution is 2.54. The molecule has 0 saturated heterocycles. The van der Waals surface area contributed by atoms with Gasteiger partial charge in [-0.3, -0.25) is 9.59 Å². The fraction of sp³-hybridized carbons (Fsp3) is 0.471. The van der Waals surface area contributed by atoms with Crippen LogP contribution >= 0.6 is 0 Å². The van der Waals surface area contributed by atoms with E-state index in [4.69, 9.17) is 5.26 Å². The summed E-state index contributed by atoms with van der Waals surface area (Å²) in [6.07, 6.45) is 2.63. The molecular weight excluding hydrogens is 250 g/mol. The molecule has 20 heavy (non-hydrogen) atoms. The van der Waals surface area contributed by atoms with Crippen LogP contribution in [0, 0.1) is 16.7 Å². The van der Waals surface area contributed by atoms with E-state index >= 15 is 0 Å². The maximum Gasteiger partial charge on any atom is 0.153 e. The minimum atomic E-state index is -0.623. The molecule has 2 fully saturated rings. The zero-order chi connectivity index (χ0) is 14.3. The number of hydrogen-bond acceptors (Lipinski definition) is 3. The molecule has 3 heteroatoms. The van der Waals surface area contributed by atoms with Crippen LogP contribution in [0.5, 0.6) is 0 Å². The Morgan fingerprint density at radius 3 is 2.45 bits per heavy atom. The van der Waals surface area contributed by atoms with Gasteiger partial charge in [-0.25, -0.2) is 0 Å². The van der Waals surface area contributed by atoms with Crippen molar-refractivity contribution >= 4 is 11.6 Å². The van der Waals surface area contributed by atoms with Crippen LogP contribution < -0.4 is 0 Å². The van der Waals surface area contributed by atoms with E-state index in [1.54, 1.807) is 0 Å². The molecule has 0 amide bonds. The lowest BCUT2D eigenvalue weighted by atomic mass is 9.74. The third-order valence-corrected chi connectivity index (χ3v) is 4.76. The third kappa shape index (κ3) is 1.87. The summed E-state index contributed by atoms with van der Waals surface area (Å²) in [5.74, 6) is -0.00703. The highest BCUT2D eigenvalue weighted by molar-refractivity contribution is 6.14. The van der Waals surface area contributed by atoms with Gasteiger partial charge < -0.3 is 0 Å². The summed E-state index contributed by atoms with van der Waals surface area (Å²) in [7, 11) is 0. The molecule has 0 bridgehead atoms. The van der Waals surface area contributed by atoms with Crippen LogP contribution in [0.2, 0.25) is 0 Å². The van der Waals surface area contributed by atoms with Gasteiger partial charge in [0.15, 0.2) is 5.78 Å². The SMILES string of the molecule is CC(C#N)c1ccc(C2CCC(=O)C3(CC3)C2=O)cc1. The van der Waals surface area contributed by atoms with E-state index in [2.05, 4.69) is 6.07 Å². The van der Waals surface area contributed by atoms with Crippen molar-refractivity contribution in [2.24, 2.45) is 5.41 Å². The van der Waals surface area contributed by atoms with Gasteiger partial charge in [-0.15, -0.1) is 0 Å². The van der Waals surface area contributed by atoms with Crippen LogP contribution in [-0.4, -0.2) is 11.6 Å². The Hall–Kier alpha value is -1.95. The lowest BCUT2D eigenvalue weighted by Crippen LogP contribution is -2.35. The van der Waals surface area contributed by atoms with E-state index in [0.29, 0.717) is 12.8 Å². The highest BCUT2D eigenvalue weighted by Gasteiger charge is 2.59. The molecule has 2 atom stereocenters. The number of carbonyl (C=O) groups is 2. The summed E-state index contributed by atoms with van der Waals surface area (Å²) >= 11 is 0. The topological polar surface area (TPSA) is 57.9 Å². The second-order valence-corrected chi connectivity index (χ2v) is 5.98. The van der Waals surface area contributed by atoms with Crippen molar-refractivity contribution < 1.29 is 9.59 Å². The molecule has 2 saturated carbocycles. The van der Waals surface area contributed by atoms with Crippen molar-refractivity contribution in [1.82, 2.24) is 0 Å². The zero-order valence-electron chi connectivity index (χ0n) is 11.6. The summed E-state index contributed by atoms with van der Waals surface area (Å²) in [5.41, 5.74) is 1.33. The van der Waals surface area contributed by atoms with Crippen LogP contribution in [0.15, 0.2) is 24.3 Å². The number of nitriles is 1. The Bertz CT molecular complexity index is 605. The minimum absolute atomic E-state index is 0.120. The van der Waals surface area contributed by atoms with Gasteiger partial charge in [0.1, 0.15) is 5.78 Å². The first-order chi connectivity index (χ1) is 9.58. The van der Waals surface area contributed by atoms with Gasteiger partial charge in [-0.1, -0.05) is 24.3 Å². The molecule has 1 spiro atoms. The van der Waals surface area contributed by atoms with Crippen LogP contribution in [0.4, 0.5) is 0 Å². The number of benzene rings is 1. The maximum atomic E-state index is 12.5. The van der Waals surface area contributed by atoms with E-state index in [9.17, 15) is 9.59 Å². The van der Waals surface area contributed by atoms with Crippen molar-refractivity contribution in [1.29, 1.82) is 5.26 Å². The Balaban J connectivity index is 1.85. The first-order valence-electron chi connectivity index (χ1n) is 7.15. The molecule has 1 aromatic rings. The molecule has 0 heterocycles. The monoisotopic (exact) mass is 267 g/mol. The van der Waals surface area contributed by atoms with E-state index < -0.39 is 5.41 Å². The molecule has 0 aliphatic heterocycles. The van der Waals surface area contributed by atoms with Gasteiger partial charge in [-0.05, 0) is 37.3 Å². The van der Waals surface area contributed by atoms with Gasteiger partial charge in [0.05, 0.1) is 17.4 Å². The molecule has 2 unspecified atom stereocenters. The summed E-state index contributed by atoms with van der Waals surface area (Å²) < 4.78 is 0. The normalized spacial score (nSPS) is 25.3. The molecular formula is C17H17NO2. The average molecular weight is 267 g/mol. The Morgan fingerprint density at radius 1 is 1.25 bits per heavy atom. The third-order valence-electron chi connectivity index (χ3n) is 4.76. The largest absolute Gasteiger partial charge is 0.299 e. The van der Waals surface area contributed by atoms with Gasteiger partial charge in [0.25, 0.3) is 0 Å². The number of nitrogens with zero attached hydrogens (tertiary/aromatic N) is 1. The average Bonchev–Trinajstić information content (AvgIpc) is 3.27. The number of ketones is 2. The Morgan fingerprint density at radius 2 is 1.90 bits per heavy atom. The smallest absolute Gasteiger partial charge is 0.153 e. The summed E-state index contributed by atoms with van der Waals surface area (Å²) in [6.45, 7) is 1.86. The van der Waals surface area contributed by atoms with Gasteiger partial charge in [0.2, 0.25) is 0 Å². The Kier molecular flexibility index (Phi) is 2.97. The molecule has 0 aromatic heterocycles. The second-order valence-electron chi connectivity index (χ2n) is 5.98. The van der Waals surface area contributed by atoms with E-state index in [1.807, 2.05) is 31.2 Å². The summed E-state index contributed by atoms with van der Waals surface area (Å²) in [5, 5.41) is 8.91. The molecule has 102 valence electrons. The van der Waals surface area contributed by atoms with Gasteiger partial charge in [-0.2, -0.15) is 5.26 Å². The van der Waals surface area contributed by atoms with Crippen molar-refractivity contribution in [3.63, 3.8) is 0 Å². The van der Waals surface area contributed by atoms with E-state index in [0.717, 1.165) is 24.0 Å². The molecule has 1 aromatic carbocycles. The molecule has 0 radical (unpaired) electrons. The van der Waals surface area contributed by atoms with Crippen LogP contribution in [0.3, 0.4) is 0 Å². The van der Waals surface area contributed by atoms with Crippen LogP contribution in [-0.2, 0) is 9.59 Å². The number of carbonyl (C=O) groups excluding carboxylic acids is 2. The maximum absolute atomic E-state index is 12.5. The number of rotatable bonds is 2. The first-order valence-corrected chi connectivity index (χ1v) is 7.15. The van der Waals surface area contributed by atoms with Crippen LogP contribution in [0.1, 0.15) is 55.6 Å². The van der Waals surface area contributed by atoms with Crippen molar-refractivity contribution in [2.75, 3.05) is 0 Å². The first kappa shape index (κ1) is 13.1. The van der Waals surface area contributed by atoms with E-state index in [-0.39, 0.29) is 23.4 Å². The Labute approximate surface area is 118 Å². The quantitative estimate of drug-likeness (QED) is 0.773. The van der Waals surface area contributed by atoms with Crippen molar-refractivity contribution in [3.05, 3.63) is 35.4 Å². The molecule has 2 aliphatic rings. The molecule has 3 rings (SSSR count). The van der Waals surface area contributed by atoms with Gasteiger partial charge >= 0.3 is 0 Å². The fourth-order valence-corrected chi connectivity index (χ4v) is 3.18. The molecule has 2 aliphatic carbocycles. The van der Waals surface area contributed by atoms with Crippen LogP contribution in [0.25, 0.3) is 0 Å². The fourth-order valence-electron chi connectivity index (χ4n) is 3.18. The standard InChI is InChI=1S/C17H17NO2/c1-11(10-18)12-2-4-13(5-3-12)14-6-7-15(19)17(8-9-17)16(14)20/h2-5,11,14H,6-9H2,1H3. The lowest BCUT2D eigenvalue weighted by molar-refractivity contribution is -0.138. The second kappa shape index (κ2) is 4.56. The van der Waals surface area contributed by atoms with Crippen molar-refractivity contribution in [3.8, 4) is 6.07 Å². The highest BCUT2D eigenvalue weighted by atomic mass is 16.2. The zero-order valence-corrected chi connectivity index (χ0v) is 11.6. The number of hydrogen-bond donors (Lipinski definition) is 0. The van der Waals surface area contributed by atoms with Gasteiger partial charge in [0, 0.05) is 12.3 Å². The number of Topliss-reactive ketones (excluding diaryl/α,β-unsaturated/α-hetero) is 2. The molecule has 0 N–H and O–H groups in total. The summed E-state index contributed by atoms with van der Waals surface area (Å²) in [4.78, 5) is 24.4. The summed E-state index contributed by atoms with van der Waals surface area (Å²) in [6, 6.07) is 9.94. The molecule has 3 nitrogen and oxygen atoms in total. The predicted molar refractivity (Wildman–Crippen MR) is 74.1 cm³/mol. The van der Waals surface area contributed by atoms with Crippen molar-refractivity contribution in [2.45, 2.75) is 44.4 Å². The lowest BCUT2D eigenvalue weighted by Gasteiger charge is -2.27. The van der Waals surface area contributed by atoms with E-state index in [1.165, 1.54) is 0 Å². The predicted octanol–water partition coefficient (Wildman–Crippen LogP) is 3.11.